The Bertz CT molecular complexity index is 134. The van der Waals surface area contributed by atoms with Gasteiger partial charge in [0.25, 0.3) is 0 Å². The zero-order valence-electron chi connectivity index (χ0n) is 8.06. The van der Waals surface area contributed by atoms with E-state index in [1.807, 2.05) is 0 Å². The van der Waals surface area contributed by atoms with Crippen molar-refractivity contribution in [3.8, 4) is 0 Å². The first-order chi connectivity index (χ1) is 5.85. The zero-order valence-corrected chi connectivity index (χ0v) is 8.06. The summed E-state index contributed by atoms with van der Waals surface area (Å²) < 4.78 is 36.1. The quantitative estimate of drug-likeness (QED) is 0.724. The van der Waals surface area contributed by atoms with Crippen molar-refractivity contribution in [1.29, 1.82) is 0 Å². The molecule has 0 aliphatic heterocycles. The van der Waals surface area contributed by atoms with Gasteiger partial charge in [-0.05, 0) is 33.0 Å². The lowest BCUT2D eigenvalue weighted by Gasteiger charge is -2.21. The molecule has 80 valence electrons. The second-order valence-electron chi connectivity index (χ2n) is 3.52. The maximum atomic E-state index is 12.0. The molecule has 0 rings (SSSR count). The van der Waals surface area contributed by atoms with Crippen molar-refractivity contribution in [2.75, 3.05) is 27.2 Å². The van der Waals surface area contributed by atoms with Crippen LogP contribution in [0.15, 0.2) is 0 Å². The molecule has 0 saturated heterocycles. The molecule has 0 aliphatic carbocycles. The number of rotatable bonds is 5. The normalized spacial score (nSPS) is 15.0. The van der Waals surface area contributed by atoms with Gasteiger partial charge in [0, 0.05) is 13.0 Å². The fraction of sp³-hybridized carbons (Fsp3) is 1.00. The lowest BCUT2D eigenvalue weighted by molar-refractivity contribution is -0.145. The highest BCUT2D eigenvalue weighted by atomic mass is 19.4. The van der Waals surface area contributed by atoms with Gasteiger partial charge in [-0.2, -0.15) is 13.2 Å². The standard InChI is InChI=1S/C8H17F3N2/c1-13(2)6-7(3-4-12)5-8(9,10)11/h7H,3-6,12H2,1-2H3. The van der Waals surface area contributed by atoms with E-state index in [1.165, 1.54) is 0 Å². The van der Waals surface area contributed by atoms with Crippen LogP contribution in [0.3, 0.4) is 0 Å². The highest BCUT2D eigenvalue weighted by Gasteiger charge is 2.31. The molecule has 0 aromatic rings. The lowest BCUT2D eigenvalue weighted by atomic mass is 10.0. The minimum absolute atomic E-state index is 0.314. The van der Waals surface area contributed by atoms with E-state index in [2.05, 4.69) is 0 Å². The molecule has 0 saturated carbocycles. The number of hydrogen-bond donors (Lipinski definition) is 1. The van der Waals surface area contributed by atoms with Crippen LogP contribution in [0, 0.1) is 5.92 Å². The van der Waals surface area contributed by atoms with Crippen molar-refractivity contribution in [3.63, 3.8) is 0 Å². The van der Waals surface area contributed by atoms with Crippen LogP contribution < -0.4 is 5.73 Å². The molecule has 5 heteroatoms. The van der Waals surface area contributed by atoms with Crippen LogP contribution >= 0.6 is 0 Å². The van der Waals surface area contributed by atoms with Crippen LogP contribution in [-0.4, -0.2) is 38.3 Å². The Kier molecular flexibility index (Phi) is 5.32. The summed E-state index contributed by atoms with van der Waals surface area (Å²) in [5.74, 6) is -0.375. The van der Waals surface area contributed by atoms with Crippen LogP contribution in [0.5, 0.6) is 0 Å². The summed E-state index contributed by atoms with van der Waals surface area (Å²) in [4.78, 5) is 1.76. The summed E-state index contributed by atoms with van der Waals surface area (Å²) in [5.41, 5.74) is 5.24. The molecule has 0 spiro atoms. The van der Waals surface area contributed by atoms with E-state index < -0.39 is 12.6 Å². The molecular formula is C8H17F3N2. The highest BCUT2D eigenvalue weighted by molar-refractivity contribution is 4.67. The van der Waals surface area contributed by atoms with E-state index in [9.17, 15) is 13.2 Å². The Hall–Kier alpha value is -0.290. The molecule has 0 aliphatic rings. The molecule has 2 nitrogen and oxygen atoms in total. The van der Waals surface area contributed by atoms with E-state index >= 15 is 0 Å². The smallest absolute Gasteiger partial charge is 0.330 e. The summed E-state index contributed by atoms with van der Waals surface area (Å²) in [6, 6.07) is 0. The molecule has 0 fully saturated rings. The Morgan fingerprint density at radius 2 is 1.85 bits per heavy atom. The van der Waals surface area contributed by atoms with Crippen molar-refractivity contribution in [2.24, 2.45) is 11.7 Å². The van der Waals surface area contributed by atoms with E-state index in [4.69, 9.17) is 5.73 Å². The molecule has 1 atom stereocenters. The van der Waals surface area contributed by atoms with Crippen molar-refractivity contribution >= 4 is 0 Å². The minimum atomic E-state index is -4.07. The molecule has 2 N–H and O–H groups in total. The fourth-order valence-electron chi connectivity index (χ4n) is 1.34. The van der Waals surface area contributed by atoms with E-state index in [1.54, 1.807) is 19.0 Å². The third kappa shape index (κ3) is 8.05. The van der Waals surface area contributed by atoms with Gasteiger partial charge in [0.1, 0.15) is 0 Å². The molecule has 0 amide bonds. The molecule has 0 bridgehead atoms. The predicted octanol–water partition coefficient (Wildman–Crippen LogP) is 1.47. The third-order valence-corrected chi connectivity index (χ3v) is 1.72. The molecule has 0 aromatic heterocycles. The summed E-state index contributed by atoms with van der Waals surface area (Å²) in [5, 5.41) is 0. The Morgan fingerprint density at radius 1 is 1.31 bits per heavy atom. The zero-order chi connectivity index (χ0) is 10.5. The fourth-order valence-corrected chi connectivity index (χ4v) is 1.34. The average Bonchev–Trinajstić information content (AvgIpc) is 1.81. The summed E-state index contributed by atoms with van der Waals surface area (Å²) in [6.07, 6.45) is -4.38. The van der Waals surface area contributed by atoms with Gasteiger partial charge in [0.2, 0.25) is 0 Å². The summed E-state index contributed by atoms with van der Waals surface area (Å²) >= 11 is 0. The number of hydrogen-bond acceptors (Lipinski definition) is 2. The van der Waals surface area contributed by atoms with Gasteiger partial charge < -0.3 is 10.6 Å². The van der Waals surface area contributed by atoms with Crippen LogP contribution in [0.2, 0.25) is 0 Å². The number of halogens is 3. The highest BCUT2D eigenvalue weighted by Crippen LogP contribution is 2.26. The SMILES string of the molecule is CN(C)CC(CCN)CC(F)(F)F. The van der Waals surface area contributed by atoms with Crippen molar-refractivity contribution < 1.29 is 13.2 Å². The van der Waals surface area contributed by atoms with Crippen molar-refractivity contribution in [2.45, 2.75) is 19.0 Å². The van der Waals surface area contributed by atoms with Gasteiger partial charge in [0.15, 0.2) is 0 Å². The molecule has 0 aromatic carbocycles. The molecule has 13 heavy (non-hydrogen) atoms. The number of nitrogens with zero attached hydrogens (tertiary/aromatic N) is 1. The largest absolute Gasteiger partial charge is 0.389 e. The van der Waals surface area contributed by atoms with Crippen LogP contribution in [-0.2, 0) is 0 Å². The van der Waals surface area contributed by atoms with Crippen LogP contribution in [0.25, 0.3) is 0 Å². The first kappa shape index (κ1) is 12.7. The molecule has 1 unspecified atom stereocenters. The molecule has 0 heterocycles. The first-order valence-corrected chi connectivity index (χ1v) is 4.26. The molecule has 0 radical (unpaired) electrons. The number of nitrogens with two attached hydrogens (primary N) is 1. The summed E-state index contributed by atoms with van der Waals surface area (Å²) in [7, 11) is 3.53. The minimum Gasteiger partial charge on any atom is -0.330 e. The van der Waals surface area contributed by atoms with Gasteiger partial charge in [-0.15, -0.1) is 0 Å². The van der Waals surface area contributed by atoms with Crippen molar-refractivity contribution in [3.05, 3.63) is 0 Å². The van der Waals surface area contributed by atoms with Crippen LogP contribution in [0.1, 0.15) is 12.8 Å². The lowest BCUT2D eigenvalue weighted by Crippen LogP contribution is -2.27. The maximum absolute atomic E-state index is 12.0. The Morgan fingerprint density at radius 3 is 2.15 bits per heavy atom. The summed E-state index contributed by atoms with van der Waals surface area (Å²) in [6.45, 7) is 0.755. The van der Waals surface area contributed by atoms with Gasteiger partial charge in [-0.25, -0.2) is 0 Å². The third-order valence-electron chi connectivity index (χ3n) is 1.72. The van der Waals surface area contributed by atoms with Gasteiger partial charge in [-0.3, -0.25) is 0 Å². The van der Waals surface area contributed by atoms with Crippen LogP contribution in [0.4, 0.5) is 13.2 Å². The first-order valence-electron chi connectivity index (χ1n) is 4.26. The van der Waals surface area contributed by atoms with Crippen molar-refractivity contribution in [1.82, 2.24) is 4.90 Å². The van der Waals surface area contributed by atoms with Gasteiger partial charge in [-0.1, -0.05) is 0 Å². The number of alkyl halides is 3. The second kappa shape index (κ2) is 5.44. The monoisotopic (exact) mass is 198 g/mol. The van der Waals surface area contributed by atoms with E-state index in [0.717, 1.165) is 0 Å². The van der Waals surface area contributed by atoms with Gasteiger partial charge >= 0.3 is 6.18 Å². The Balaban J connectivity index is 3.94. The predicted molar refractivity (Wildman–Crippen MR) is 46.4 cm³/mol. The Labute approximate surface area is 76.9 Å². The van der Waals surface area contributed by atoms with E-state index in [0.29, 0.717) is 19.5 Å². The average molecular weight is 198 g/mol. The van der Waals surface area contributed by atoms with Gasteiger partial charge in [0.05, 0.1) is 0 Å². The molecular weight excluding hydrogens is 181 g/mol. The van der Waals surface area contributed by atoms with E-state index in [-0.39, 0.29) is 5.92 Å². The second-order valence-corrected chi connectivity index (χ2v) is 3.52. The maximum Gasteiger partial charge on any atom is 0.389 e. The topological polar surface area (TPSA) is 29.3 Å².